The first-order chi connectivity index (χ1) is 8.78. The van der Waals surface area contributed by atoms with Crippen molar-refractivity contribution in [1.82, 2.24) is 4.98 Å². The number of anilines is 1. The van der Waals surface area contributed by atoms with E-state index in [-0.39, 0.29) is 0 Å². The van der Waals surface area contributed by atoms with Crippen molar-refractivity contribution in [2.24, 2.45) is 0 Å². The molecular formula is C14H16N2OS. The molecule has 18 heavy (non-hydrogen) atoms. The molecule has 0 unspecified atom stereocenters. The molecular weight excluding hydrogens is 244 g/mol. The first kappa shape index (κ1) is 12.8. The monoisotopic (exact) mass is 260 g/mol. The lowest BCUT2D eigenvalue weighted by Gasteiger charge is -2.04. The Morgan fingerprint density at radius 2 is 2.17 bits per heavy atom. The Kier molecular flexibility index (Phi) is 4.47. The number of hydrogen-bond acceptors (Lipinski definition) is 4. The zero-order valence-electron chi connectivity index (χ0n) is 10.3. The van der Waals surface area contributed by atoms with Gasteiger partial charge in [-0.15, -0.1) is 11.8 Å². The van der Waals surface area contributed by atoms with Gasteiger partial charge in [0.15, 0.2) is 0 Å². The van der Waals surface area contributed by atoms with Crippen LogP contribution in [0.25, 0.3) is 0 Å². The third-order valence-corrected chi connectivity index (χ3v) is 3.47. The first-order valence-electron chi connectivity index (χ1n) is 5.88. The smallest absolute Gasteiger partial charge is 0.125 e. The molecule has 0 radical (unpaired) electrons. The van der Waals surface area contributed by atoms with Gasteiger partial charge in [0.25, 0.3) is 0 Å². The number of hydrogen-bond donors (Lipinski definition) is 2. The van der Waals surface area contributed by atoms with Crippen molar-refractivity contribution >= 4 is 17.6 Å². The summed E-state index contributed by atoms with van der Waals surface area (Å²) in [6.07, 6.45) is 1.88. The third kappa shape index (κ3) is 3.67. The highest BCUT2D eigenvalue weighted by Crippen LogP contribution is 2.25. The van der Waals surface area contributed by atoms with Crippen LogP contribution in [0.3, 0.4) is 0 Å². The van der Waals surface area contributed by atoms with E-state index >= 15 is 0 Å². The van der Waals surface area contributed by atoms with Crippen molar-refractivity contribution in [3.63, 3.8) is 0 Å². The number of phenolic OH excluding ortho intramolecular Hbond substituents is 1. The lowest BCUT2D eigenvalue weighted by Crippen LogP contribution is -1.98. The summed E-state index contributed by atoms with van der Waals surface area (Å²) in [5.74, 6) is 2.06. The Balaban J connectivity index is 1.93. The molecule has 0 fully saturated rings. The van der Waals surface area contributed by atoms with Crippen molar-refractivity contribution in [2.45, 2.75) is 17.6 Å². The number of nitrogens with one attached hydrogen (secondary N) is 1. The Hall–Kier alpha value is -1.68. The molecule has 0 aliphatic carbocycles. The van der Waals surface area contributed by atoms with Gasteiger partial charge in [-0.2, -0.15) is 0 Å². The average molecular weight is 260 g/mol. The Labute approximate surface area is 111 Å². The van der Waals surface area contributed by atoms with E-state index in [1.54, 1.807) is 23.9 Å². The Bertz CT molecular complexity index is 499. The van der Waals surface area contributed by atoms with Gasteiger partial charge < -0.3 is 10.4 Å². The van der Waals surface area contributed by atoms with E-state index < -0.39 is 0 Å². The standard InChI is InChI=1S/C14H16N2OS/c1-2-15-14-7-6-11(9-16-14)10-18-13-5-3-4-12(17)8-13/h3-9,17H,2,10H2,1H3,(H,15,16). The highest BCUT2D eigenvalue weighted by molar-refractivity contribution is 7.98. The highest BCUT2D eigenvalue weighted by Gasteiger charge is 1.99. The maximum Gasteiger partial charge on any atom is 0.125 e. The summed E-state index contributed by atoms with van der Waals surface area (Å²) >= 11 is 1.69. The first-order valence-corrected chi connectivity index (χ1v) is 6.87. The van der Waals surface area contributed by atoms with Crippen LogP contribution < -0.4 is 5.32 Å². The molecule has 3 nitrogen and oxygen atoms in total. The summed E-state index contributed by atoms with van der Waals surface area (Å²) in [5, 5.41) is 12.5. The van der Waals surface area contributed by atoms with Crippen molar-refractivity contribution < 1.29 is 5.11 Å². The Morgan fingerprint density at radius 3 is 2.83 bits per heavy atom. The molecule has 0 saturated carbocycles. The zero-order valence-corrected chi connectivity index (χ0v) is 11.1. The summed E-state index contributed by atoms with van der Waals surface area (Å²) in [6.45, 7) is 2.93. The molecule has 4 heteroatoms. The molecule has 0 amide bonds. The molecule has 2 aromatic rings. The van der Waals surface area contributed by atoms with Gasteiger partial charge in [-0.25, -0.2) is 4.98 Å². The second-order valence-electron chi connectivity index (χ2n) is 3.87. The minimum atomic E-state index is 0.306. The molecule has 2 N–H and O–H groups in total. The molecule has 0 spiro atoms. The van der Waals surface area contributed by atoms with Gasteiger partial charge in [0.1, 0.15) is 11.6 Å². The predicted octanol–water partition coefficient (Wildman–Crippen LogP) is 3.51. The van der Waals surface area contributed by atoms with Gasteiger partial charge in [0.05, 0.1) is 0 Å². The lowest BCUT2D eigenvalue weighted by molar-refractivity contribution is 0.474. The zero-order chi connectivity index (χ0) is 12.8. The summed E-state index contributed by atoms with van der Waals surface area (Å²) < 4.78 is 0. The van der Waals surface area contributed by atoms with Crippen LogP contribution in [-0.2, 0) is 5.75 Å². The molecule has 0 saturated heterocycles. The van der Waals surface area contributed by atoms with Gasteiger partial charge in [0.2, 0.25) is 0 Å². The van der Waals surface area contributed by atoms with Crippen LogP contribution in [-0.4, -0.2) is 16.6 Å². The fraction of sp³-hybridized carbons (Fsp3) is 0.214. The fourth-order valence-corrected chi connectivity index (χ4v) is 2.42. The largest absolute Gasteiger partial charge is 0.508 e. The number of thioether (sulfide) groups is 1. The molecule has 0 aliphatic rings. The number of rotatable bonds is 5. The second-order valence-corrected chi connectivity index (χ2v) is 4.92. The van der Waals surface area contributed by atoms with Crippen LogP contribution in [0.4, 0.5) is 5.82 Å². The molecule has 0 atom stereocenters. The SMILES string of the molecule is CCNc1ccc(CSc2cccc(O)c2)cn1. The van der Waals surface area contributed by atoms with Gasteiger partial charge in [-0.3, -0.25) is 0 Å². The van der Waals surface area contributed by atoms with Crippen LogP contribution in [0.5, 0.6) is 5.75 Å². The van der Waals surface area contributed by atoms with Crippen molar-refractivity contribution in [3.8, 4) is 5.75 Å². The van der Waals surface area contributed by atoms with Crippen LogP contribution in [0.15, 0.2) is 47.5 Å². The number of nitrogens with zero attached hydrogens (tertiary/aromatic N) is 1. The molecule has 1 aromatic heterocycles. The minimum absolute atomic E-state index is 0.306. The van der Waals surface area contributed by atoms with E-state index in [0.717, 1.165) is 23.0 Å². The fourth-order valence-electron chi connectivity index (χ4n) is 1.54. The van der Waals surface area contributed by atoms with E-state index in [4.69, 9.17) is 0 Å². The highest BCUT2D eigenvalue weighted by atomic mass is 32.2. The van der Waals surface area contributed by atoms with Crippen LogP contribution in [0, 0.1) is 0 Å². The van der Waals surface area contributed by atoms with E-state index in [9.17, 15) is 5.11 Å². The van der Waals surface area contributed by atoms with Gasteiger partial charge in [-0.05, 0) is 36.8 Å². The number of pyridine rings is 1. The van der Waals surface area contributed by atoms with Gasteiger partial charge in [-0.1, -0.05) is 12.1 Å². The maximum atomic E-state index is 9.37. The number of aromatic nitrogens is 1. The molecule has 1 heterocycles. The van der Waals surface area contributed by atoms with E-state index in [2.05, 4.69) is 16.4 Å². The topological polar surface area (TPSA) is 45.1 Å². The molecule has 0 bridgehead atoms. The molecule has 0 aliphatic heterocycles. The normalized spacial score (nSPS) is 10.3. The maximum absolute atomic E-state index is 9.37. The van der Waals surface area contributed by atoms with Crippen molar-refractivity contribution in [3.05, 3.63) is 48.2 Å². The summed E-state index contributed by atoms with van der Waals surface area (Å²) in [6, 6.07) is 11.3. The summed E-state index contributed by atoms with van der Waals surface area (Å²) in [5.41, 5.74) is 1.17. The average Bonchev–Trinajstić information content (AvgIpc) is 2.38. The number of phenols is 1. The predicted molar refractivity (Wildman–Crippen MR) is 76.1 cm³/mol. The summed E-state index contributed by atoms with van der Waals surface area (Å²) in [7, 11) is 0. The second kappa shape index (κ2) is 6.31. The van der Waals surface area contributed by atoms with E-state index in [1.165, 1.54) is 5.56 Å². The van der Waals surface area contributed by atoms with Crippen LogP contribution in [0.1, 0.15) is 12.5 Å². The lowest BCUT2D eigenvalue weighted by atomic mass is 10.3. The summed E-state index contributed by atoms with van der Waals surface area (Å²) in [4.78, 5) is 5.39. The molecule has 1 aromatic carbocycles. The van der Waals surface area contributed by atoms with Gasteiger partial charge in [0, 0.05) is 23.4 Å². The van der Waals surface area contributed by atoms with Crippen molar-refractivity contribution in [2.75, 3.05) is 11.9 Å². The quantitative estimate of drug-likeness (QED) is 0.807. The molecule has 94 valence electrons. The third-order valence-electron chi connectivity index (χ3n) is 2.41. The minimum Gasteiger partial charge on any atom is -0.508 e. The van der Waals surface area contributed by atoms with Crippen molar-refractivity contribution in [1.29, 1.82) is 0 Å². The van der Waals surface area contributed by atoms with Crippen LogP contribution in [0.2, 0.25) is 0 Å². The van der Waals surface area contributed by atoms with E-state index in [1.807, 2.05) is 31.3 Å². The van der Waals surface area contributed by atoms with E-state index in [0.29, 0.717) is 5.75 Å². The van der Waals surface area contributed by atoms with Gasteiger partial charge >= 0.3 is 0 Å². The number of aromatic hydroxyl groups is 1. The Morgan fingerprint density at radius 1 is 1.28 bits per heavy atom. The number of benzene rings is 1. The molecule has 2 rings (SSSR count). The van der Waals surface area contributed by atoms with Crippen LogP contribution >= 0.6 is 11.8 Å².